The van der Waals surface area contributed by atoms with Gasteiger partial charge in [-0.05, 0) is 13.3 Å². The molecule has 0 saturated carbocycles. The molecule has 0 radical (unpaired) electrons. The molecule has 0 spiro atoms. The first-order chi connectivity index (χ1) is 7.61. The Hall–Kier alpha value is -0.870. The summed E-state index contributed by atoms with van der Waals surface area (Å²) >= 11 is 0. The third-order valence-electron chi connectivity index (χ3n) is 4.85. The van der Waals surface area contributed by atoms with Crippen molar-refractivity contribution in [3.05, 3.63) is 12.2 Å². The average Bonchev–Trinajstić information content (AvgIpc) is 2.92. The summed E-state index contributed by atoms with van der Waals surface area (Å²) in [5.74, 6) is -0.0764. The first-order valence-electron chi connectivity index (χ1n) is 5.84. The Bertz CT molecular complexity index is 404. The van der Waals surface area contributed by atoms with Gasteiger partial charge in [-0.3, -0.25) is 4.79 Å². The van der Waals surface area contributed by atoms with Crippen LogP contribution in [0.15, 0.2) is 12.2 Å². The van der Waals surface area contributed by atoms with Crippen LogP contribution in [0.2, 0.25) is 0 Å². The van der Waals surface area contributed by atoms with E-state index in [9.17, 15) is 9.90 Å². The van der Waals surface area contributed by atoms with Crippen molar-refractivity contribution in [1.29, 1.82) is 0 Å². The fourth-order valence-electron chi connectivity index (χ4n) is 4.07. The van der Waals surface area contributed by atoms with E-state index < -0.39 is 11.4 Å². The molecule has 4 rings (SSSR count). The quantitative estimate of drug-likeness (QED) is 0.667. The minimum absolute atomic E-state index is 0.0797. The predicted molar refractivity (Wildman–Crippen MR) is 53.8 cm³/mol. The molecule has 7 unspecified atom stereocenters. The molecular weight excluding hydrogens is 208 g/mol. The van der Waals surface area contributed by atoms with Crippen LogP contribution >= 0.6 is 0 Å². The first-order valence-corrected chi connectivity index (χ1v) is 5.84. The Morgan fingerprint density at radius 3 is 2.69 bits per heavy atom. The van der Waals surface area contributed by atoms with Crippen molar-refractivity contribution in [2.45, 2.75) is 37.8 Å². The Balaban J connectivity index is 1.76. The van der Waals surface area contributed by atoms with E-state index in [0.29, 0.717) is 12.3 Å². The molecule has 3 fully saturated rings. The molecule has 1 N–H and O–H groups in total. The monoisotopic (exact) mass is 222 g/mol. The molecule has 0 aromatic rings. The van der Waals surface area contributed by atoms with Gasteiger partial charge in [-0.25, -0.2) is 0 Å². The van der Waals surface area contributed by atoms with Crippen molar-refractivity contribution < 1.29 is 19.4 Å². The predicted octanol–water partition coefficient (Wildman–Crippen LogP) is 0.818. The second kappa shape index (κ2) is 2.51. The Kier molecular flexibility index (Phi) is 1.44. The lowest BCUT2D eigenvalue weighted by Crippen LogP contribution is -2.47. The number of carboxylic acids is 1. The number of aliphatic carboxylic acids is 1. The van der Waals surface area contributed by atoms with Gasteiger partial charge in [-0.1, -0.05) is 12.2 Å². The lowest BCUT2D eigenvalue weighted by atomic mass is 9.63. The van der Waals surface area contributed by atoms with E-state index in [1.54, 1.807) is 0 Å². The fraction of sp³-hybridized carbons (Fsp3) is 0.750. The van der Waals surface area contributed by atoms with Gasteiger partial charge in [0.1, 0.15) is 0 Å². The van der Waals surface area contributed by atoms with Crippen LogP contribution in [0.25, 0.3) is 0 Å². The molecule has 0 aliphatic carbocycles. The largest absolute Gasteiger partial charge is 0.481 e. The minimum Gasteiger partial charge on any atom is -0.481 e. The van der Waals surface area contributed by atoms with Gasteiger partial charge in [-0.15, -0.1) is 0 Å². The summed E-state index contributed by atoms with van der Waals surface area (Å²) in [5.41, 5.74) is -0.715. The van der Waals surface area contributed by atoms with Crippen molar-refractivity contribution in [1.82, 2.24) is 0 Å². The molecule has 4 nitrogen and oxygen atoms in total. The number of hydrogen-bond acceptors (Lipinski definition) is 3. The van der Waals surface area contributed by atoms with Crippen molar-refractivity contribution >= 4 is 5.97 Å². The summed E-state index contributed by atoms with van der Waals surface area (Å²) < 4.78 is 11.7. The smallest absolute Gasteiger partial charge is 0.312 e. The molecule has 4 heterocycles. The highest BCUT2D eigenvalue weighted by Crippen LogP contribution is 2.60. The van der Waals surface area contributed by atoms with Gasteiger partial charge in [-0.2, -0.15) is 0 Å². The molecule has 4 aliphatic heterocycles. The molecular formula is C12H14O4. The van der Waals surface area contributed by atoms with E-state index >= 15 is 0 Å². The van der Waals surface area contributed by atoms with E-state index in [-0.39, 0.29) is 30.3 Å². The van der Waals surface area contributed by atoms with Gasteiger partial charge >= 0.3 is 5.97 Å². The molecule has 4 bridgehead atoms. The fourth-order valence-corrected chi connectivity index (χ4v) is 4.07. The minimum atomic E-state index is -0.731. The molecule has 0 aromatic carbocycles. The third-order valence-corrected chi connectivity index (χ3v) is 4.85. The maximum absolute atomic E-state index is 11.4. The summed E-state index contributed by atoms with van der Waals surface area (Å²) in [6.45, 7) is 1.81. The molecule has 4 heteroatoms. The molecule has 0 amide bonds. The maximum Gasteiger partial charge on any atom is 0.312 e. The Morgan fingerprint density at radius 2 is 2.00 bits per heavy atom. The summed E-state index contributed by atoms with van der Waals surface area (Å²) in [7, 11) is 0. The molecule has 16 heavy (non-hydrogen) atoms. The highest BCUT2D eigenvalue weighted by Gasteiger charge is 2.69. The normalized spacial score (nSPS) is 60.6. The third kappa shape index (κ3) is 0.800. The lowest BCUT2D eigenvalue weighted by Gasteiger charge is -2.35. The standard InChI is InChI=1S/C12H14O4/c1-12(11(13)14)4-7-8-5-2-3-6(15-5)9(8)10(12)16-7/h2-3,5-10H,4H2,1H3,(H,13,14). The van der Waals surface area contributed by atoms with Crippen molar-refractivity contribution in [3.8, 4) is 0 Å². The molecule has 0 aromatic heterocycles. The van der Waals surface area contributed by atoms with E-state index in [4.69, 9.17) is 9.47 Å². The average molecular weight is 222 g/mol. The van der Waals surface area contributed by atoms with Gasteiger partial charge in [0.05, 0.1) is 29.8 Å². The number of hydrogen-bond donors (Lipinski definition) is 1. The van der Waals surface area contributed by atoms with Crippen molar-refractivity contribution in [2.75, 3.05) is 0 Å². The zero-order valence-electron chi connectivity index (χ0n) is 9.00. The topological polar surface area (TPSA) is 55.8 Å². The molecule has 7 atom stereocenters. The lowest BCUT2D eigenvalue weighted by molar-refractivity contribution is -0.152. The van der Waals surface area contributed by atoms with E-state index in [1.165, 1.54) is 0 Å². The Morgan fingerprint density at radius 1 is 1.31 bits per heavy atom. The number of ether oxygens (including phenoxy) is 2. The van der Waals surface area contributed by atoms with Crippen LogP contribution in [-0.2, 0) is 14.3 Å². The van der Waals surface area contributed by atoms with Crippen LogP contribution in [0.3, 0.4) is 0 Å². The first kappa shape index (κ1) is 9.19. The van der Waals surface area contributed by atoms with Crippen molar-refractivity contribution in [3.63, 3.8) is 0 Å². The van der Waals surface area contributed by atoms with Gasteiger partial charge in [0.2, 0.25) is 0 Å². The van der Waals surface area contributed by atoms with Crippen LogP contribution in [0.5, 0.6) is 0 Å². The summed E-state index contributed by atoms with van der Waals surface area (Å²) in [5, 5.41) is 9.35. The second-order valence-electron chi connectivity index (χ2n) is 5.63. The van der Waals surface area contributed by atoms with E-state index in [0.717, 1.165) is 0 Å². The van der Waals surface area contributed by atoms with Gasteiger partial charge in [0.25, 0.3) is 0 Å². The number of rotatable bonds is 1. The van der Waals surface area contributed by atoms with Crippen LogP contribution in [-0.4, -0.2) is 35.5 Å². The number of fused-ring (bicyclic) bond motifs is 9. The van der Waals surface area contributed by atoms with Gasteiger partial charge < -0.3 is 14.6 Å². The van der Waals surface area contributed by atoms with E-state index in [1.807, 2.05) is 6.92 Å². The molecule has 3 saturated heterocycles. The summed E-state index contributed by atoms with van der Waals surface area (Å²) in [4.78, 5) is 11.4. The summed E-state index contributed by atoms with van der Waals surface area (Å²) in [6.07, 6.45) is 4.98. The SMILES string of the molecule is CC1(C(=O)O)CC2OC1C1C3C=CC(O3)C21. The number of carbonyl (C=O) groups is 1. The van der Waals surface area contributed by atoms with Gasteiger partial charge in [0.15, 0.2) is 0 Å². The zero-order chi connectivity index (χ0) is 11.1. The van der Waals surface area contributed by atoms with Crippen LogP contribution in [0.4, 0.5) is 0 Å². The van der Waals surface area contributed by atoms with Crippen LogP contribution < -0.4 is 0 Å². The Labute approximate surface area is 93.2 Å². The maximum atomic E-state index is 11.4. The highest BCUT2D eigenvalue weighted by molar-refractivity contribution is 5.76. The molecule has 86 valence electrons. The second-order valence-corrected chi connectivity index (χ2v) is 5.63. The van der Waals surface area contributed by atoms with E-state index in [2.05, 4.69) is 12.2 Å². The van der Waals surface area contributed by atoms with Gasteiger partial charge in [0, 0.05) is 11.8 Å². The van der Waals surface area contributed by atoms with Crippen LogP contribution in [0.1, 0.15) is 13.3 Å². The number of carboxylic acid groups (broad SMARTS) is 1. The van der Waals surface area contributed by atoms with Crippen LogP contribution in [0, 0.1) is 17.3 Å². The van der Waals surface area contributed by atoms with Crippen molar-refractivity contribution in [2.24, 2.45) is 17.3 Å². The molecule has 4 aliphatic rings. The zero-order valence-corrected chi connectivity index (χ0v) is 9.00. The highest BCUT2D eigenvalue weighted by atomic mass is 16.5. The summed E-state index contributed by atoms with van der Waals surface area (Å²) in [6, 6.07) is 0.